The minimum Gasteiger partial charge on any atom is -0.484 e. The molecule has 2 atom stereocenters. The van der Waals surface area contributed by atoms with Gasteiger partial charge in [0, 0.05) is 13.0 Å². The van der Waals surface area contributed by atoms with Crippen molar-refractivity contribution in [3.05, 3.63) is 59.9 Å². The van der Waals surface area contributed by atoms with E-state index in [-0.39, 0.29) is 18.7 Å². The van der Waals surface area contributed by atoms with E-state index in [9.17, 15) is 22.4 Å². The molecule has 158 valence electrons. The van der Waals surface area contributed by atoms with Crippen molar-refractivity contribution in [1.29, 1.82) is 0 Å². The van der Waals surface area contributed by atoms with Gasteiger partial charge in [-0.05, 0) is 31.2 Å². The number of ketones is 1. The molecule has 1 fully saturated rings. The fourth-order valence-corrected chi connectivity index (χ4v) is 5.26. The number of sulfonamides is 1. The van der Waals surface area contributed by atoms with Crippen molar-refractivity contribution < 1.29 is 27.1 Å². The molecule has 0 aromatic heterocycles. The lowest BCUT2D eigenvalue weighted by Gasteiger charge is -2.34. The smallest absolute Gasteiger partial charge is 0.244 e. The summed E-state index contributed by atoms with van der Waals surface area (Å²) in [4.78, 5) is 26.3. The highest BCUT2D eigenvalue weighted by Gasteiger charge is 2.47. The molecule has 2 aliphatic rings. The van der Waals surface area contributed by atoms with Crippen molar-refractivity contribution >= 4 is 21.7 Å². The van der Waals surface area contributed by atoms with Gasteiger partial charge in [-0.3, -0.25) is 9.59 Å². The van der Waals surface area contributed by atoms with Crippen LogP contribution < -0.4 is 9.46 Å². The first-order valence-corrected chi connectivity index (χ1v) is 11.1. The lowest BCUT2D eigenvalue weighted by molar-refractivity contribution is -0.132. The van der Waals surface area contributed by atoms with Gasteiger partial charge in [0.15, 0.2) is 5.78 Å². The van der Waals surface area contributed by atoms with E-state index in [1.54, 1.807) is 24.3 Å². The van der Waals surface area contributed by atoms with Gasteiger partial charge in [0.1, 0.15) is 22.1 Å². The van der Waals surface area contributed by atoms with Gasteiger partial charge in [-0.15, -0.1) is 0 Å². The number of rotatable bonds is 4. The van der Waals surface area contributed by atoms with E-state index in [4.69, 9.17) is 4.74 Å². The van der Waals surface area contributed by atoms with Crippen molar-refractivity contribution in [2.75, 3.05) is 13.1 Å². The number of nitrogens with one attached hydrogen (secondary N) is 1. The molecular formula is C21H21FN2O5S. The van der Waals surface area contributed by atoms with Crippen LogP contribution in [0.25, 0.3) is 0 Å². The van der Waals surface area contributed by atoms with Gasteiger partial charge in [-0.2, -0.15) is 4.72 Å². The van der Waals surface area contributed by atoms with E-state index in [1.165, 1.54) is 24.0 Å². The Kier molecular flexibility index (Phi) is 5.11. The predicted molar refractivity (Wildman–Crippen MR) is 106 cm³/mol. The van der Waals surface area contributed by atoms with Gasteiger partial charge in [0.25, 0.3) is 0 Å². The van der Waals surface area contributed by atoms with Gasteiger partial charge < -0.3 is 9.64 Å². The number of nitrogens with zero attached hydrogens (tertiary/aromatic N) is 1. The minimum atomic E-state index is -4.20. The first kappa shape index (κ1) is 20.5. The third-order valence-corrected chi connectivity index (χ3v) is 7.03. The maximum absolute atomic E-state index is 13.9. The second kappa shape index (κ2) is 7.48. The van der Waals surface area contributed by atoms with Crippen molar-refractivity contribution in [1.82, 2.24) is 9.62 Å². The van der Waals surface area contributed by atoms with E-state index in [2.05, 4.69) is 4.72 Å². The van der Waals surface area contributed by atoms with Crippen molar-refractivity contribution in [3.63, 3.8) is 0 Å². The summed E-state index contributed by atoms with van der Waals surface area (Å²) in [5.74, 6) is -0.893. The van der Waals surface area contributed by atoms with E-state index >= 15 is 0 Å². The summed E-state index contributed by atoms with van der Waals surface area (Å²) < 4.78 is 47.1. The van der Waals surface area contributed by atoms with Crippen LogP contribution in [0.5, 0.6) is 5.75 Å². The van der Waals surface area contributed by atoms with Crippen molar-refractivity contribution in [2.45, 2.75) is 36.3 Å². The summed E-state index contributed by atoms with van der Waals surface area (Å²) >= 11 is 0. The number of carbonyl (C=O) groups is 2. The molecule has 1 spiro atoms. The number of Topliss-reactive ketones (excluding diaryl/α,β-unsaturated/α-hetero) is 1. The van der Waals surface area contributed by atoms with Crippen LogP contribution in [-0.4, -0.2) is 49.7 Å². The van der Waals surface area contributed by atoms with Crippen LogP contribution in [0.3, 0.4) is 0 Å². The van der Waals surface area contributed by atoms with Crippen LogP contribution in [-0.2, 0) is 14.8 Å². The molecule has 0 bridgehead atoms. The number of hydrogen-bond acceptors (Lipinski definition) is 5. The Morgan fingerprint density at radius 2 is 1.90 bits per heavy atom. The average Bonchev–Trinajstić information content (AvgIpc) is 3.10. The summed E-state index contributed by atoms with van der Waals surface area (Å²) in [6.45, 7) is 1.92. The maximum atomic E-state index is 13.9. The molecule has 0 saturated carbocycles. The van der Waals surface area contributed by atoms with E-state index in [1.807, 2.05) is 0 Å². The Labute approximate surface area is 173 Å². The number of amides is 1. The second-order valence-corrected chi connectivity index (χ2v) is 9.35. The second-order valence-electron chi connectivity index (χ2n) is 7.66. The Morgan fingerprint density at radius 1 is 1.20 bits per heavy atom. The number of benzene rings is 2. The van der Waals surface area contributed by atoms with Crippen LogP contribution in [0.2, 0.25) is 0 Å². The van der Waals surface area contributed by atoms with Gasteiger partial charge in [0.2, 0.25) is 15.9 Å². The number of ether oxygens (including phenoxy) is 1. The predicted octanol–water partition coefficient (Wildman–Crippen LogP) is 2.13. The molecular weight excluding hydrogens is 411 g/mol. The number of hydrogen-bond donors (Lipinski definition) is 1. The zero-order valence-electron chi connectivity index (χ0n) is 16.3. The largest absolute Gasteiger partial charge is 0.484 e. The van der Waals surface area contributed by atoms with Gasteiger partial charge in [0.05, 0.1) is 24.6 Å². The molecule has 1 saturated heterocycles. The molecule has 30 heavy (non-hydrogen) atoms. The molecule has 2 aromatic carbocycles. The Balaban J connectivity index is 1.46. The highest BCUT2D eigenvalue weighted by atomic mass is 32.2. The van der Waals surface area contributed by atoms with Crippen LogP contribution in [0, 0.1) is 5.82 Å². The van der Waals surface area contributed by atoms with E-state index in [0.29, 0.717) is 24.3 Å². The molecule has 2 aromatic rings. The summed E-state index contributed by atoms with van der Waals surface area (Å²) in [5.41, 5.74) is -0.287. The average molecular weight is 432 g/mol. The maximum Gasteiger partial charge on any atom is 0.244 e. The third-order valence-electron chi connectivity index (χ3n) is 5.45. The van der Waals surface area contributed by atoms with E-state index < -0.39 is 38.3 Å². The summed E-state index contributed by atoms with van der Waals surface area (Å²) in [6, 6.07) is 10.9. The number of halogens is 1. The van der Waals surface area contributed by atoms with Crippen LogP contribution in [0.1, 0.15) is 30.1 Å². The van der Waals surface area contributed by atoms with Crippen LogP contribution in [0.4, 0.5) is 4.39 Å². The Bertz CT molecular complexity index is 1120. The molecule has 4 rings (SSSR count). The summed E-state index contributed by atoms with van der Waals surface area (Å²) in [6.07, 6.45) is 0.620. The number of likely N-dealkylation sites (tertiary alicyclic amines) is 1. The quantitative estimate of drug-likeness (QED) is 0.799. The molecule has 2 aliphatic heterocycles. The zero-order valence-corrected chi connectivity index (χ0v) is 17.1. The first-order valence-electron chi connectivity index (χ1n) is 9.58. The molecule has 1 amide bonds. The molecule has 9 heteroatoms. The normalized spacial score (nSPS) is 21.9. The monoisotopic (exact) mass is 432 g/mol. The van der Waals surface area contributed by atoms with Crippen LogP contribution in [0.15, 0.2) is 53.4 Å². The zero-order chi connectivity index (χ0) is 21.5. The van der Waals surface area contributed by atoms with Gasteiger partial charge >= 0.3 is 0 Å². The van der Waals surface area contributed by atoms with Gasteiger partial charge in [-0.1, -0.05) is 24.3 Å². The van der Waals surface area contributed by atoms with E-state index in [0.717, 1.165) is 12.1 Å². The van der Waals surface area contributed by atoms with Crippen molar-refractivity contribution in [3.8, 4) is 5.75 Å². The molecule has 2 unspecified atom stereocenters. The lowest BCUT2D eigenvalue weighted by atomic mass is 9.89. The summed E-state index contributed by atoms with van der Waals surface area (Å²) in [7, 11) is -4.20. The topological polar surface area (TPSA) is 92.8 Å². The molecule has 0 aliphatic carbocycles. The molecule has 0 radical (unpaired) electrons. The highest BCUT2D eigenvalue weighted by molar-refractivity contribution is 7.89. The molecule has 2 heterocycles. The number of carbonyl (C=O) groups excluding carboxylic acids is 2. The Hall–Kier alpha value is -2.78. The van der Waals surface area contributed by atoms with Gasteiger partial charge in [-0.25, -0.2) is 12.8 Å². The highest BCUT2D eigenvalue weighted by Crippen LogP contribution is 2.38. The number of para-hydroxylation sites is 1. The van der Waals surface area contributed by atoms with Crippen LogP contribution >= 0.6 is 0 Å². The minimum absolute atomic E-state index is 0.0422. The Morgan fingerprint density at radius 3 is 2.67 bits per heavy atom. The fraction of sp³-hybridized carbons (Fsp3) is 0.333. The SMILES string of the molecule is CC(NS(=O)(=O)c1ccccc1F)C(=O)N1CCC2(CC(=O)c3ccccc3O2)C1. The lowest BCUT2D eigenvalue weighted by Crippen LogP contribution is -2.49. The number of fused-ring (bicyclic) bond motifs is 1. The molecule has 1 N–H and O–H groups in total. The third kappa shape index (κ3) is 3.70. The standard InChI is InChI=1S/C21H21FN2O5S/c1-14(23-30(27,28)19-9-5-3-7-16(19)22)20(26)24-11-10-21(13-24)12-17(25)15-6-2-4-8-18(15)29-21/h2-9,14,23H,10-13H2,1H3. The summed E-state index contributed by atoms with van der Waals surface area (Å²) in [5, 5.41) is 0. The van der Waals surface area contributed by atoms with Crippen molar-refractivity contribution in [2.24, 2.45) is 0 Å². The first-order chi connectivity index (χ1) is 14.2. The molecule has 7 nitrogen and oxygen atoms in total. The fourth-order valence-electron chi connectivity index (χ4n) is 3.99.